The van der Waals surface area contributed by atoms with E-state index in [2.05, 4.69) is 41.7 Å². The SMILES string of the molecule is Clc1ccc2c(c1)C[C@@H]([NH2+]C1CCCC1)c1ccccc1S2. The fraction of sp³-hybridized carbons (Fsp3) is 0.368. The van der Waals surface area contributed by atoms with Gasteiger partial charge in [0.1, 0.15) is 6.04 Å². The van der Waals surface area contributed by atoms with Crippen LogP contribution < -0.4 is 5.32 Å². The van der Waals surface area contributed by atoms with Crippen LogP contribution in [0.15, 0.2) is 52.3 Å². The summed E-state index contributed by atoms with van der Waals surface area (Å²) in [5, 5.41) is 3.48. The van der Waals surface area contributed by atoms with Gasteiger partial charge in [-0.15, -0.1) is 0 Å². The van der Waals surface area contributed by atoms with E-state index in [1.807, 2.05) is 17.8 Å². The molecule has 1 heterocycles. The van der Waals surface area contributed by atoms with Crippen LogP contribution in [-0.2, 0) is 6.42 Å². The van der Waals surface area contributed by atoms with E-state index in [9.17, 15) is 0 Å². The first kappa shape index (κ1) is 14.6. The van der Waals surface area contributed by atoms with Gasteiger partial charge in [-0.1, -0.05) is 41.6 Å². The van der Waals surface area contributed by atoms with E-state index in [-0.39, 0.29) is 0 Å². The molecular weight excluding hydrogens is 310 g/mol. The molecule has 4 rings (SSSR count). The van der Waals surface area contributed by atoms with Crippen molar-refractivity contribution in [2.45, 2.75) is 54.0 Å². The van der Waals surface area contributed by atoms with E-state index in [4.69, 9.17) is 11.6 Å². The molecule has 1 aliphatic heterocycles. The molecule has 0 aromatic heterocycles. The van der Waals surface area contributed by atoms with Gasteiger partial charge >= 0.3 is 0 Å². The molecule has 0 amide bonds. The average Bonchev–Trinajstić information content (AvgIpc) is 2.97. The van der Waals surface area contributed by atoms with Crippen molar-refractivity contribution >= 4 is 23.4 Å². The molecular formula is C19H21ClNS+. The molecule has 0 radical (unpaired) electrons. The first-order chi connectivity index (χ1) is 10.8. The quantitative estimate of drug-likeness (QED) is 0.851. The van der Waals surface area contributed by atoms with Crippen molar-refractivity contribution < 1.29 is 5.32 Å². The molecule has 0 saturated heterocycles. The Labute approximate surface area is 141 Å². The number of benzene rings is 2. The van der Waals surface area contributed by atoms with E-state index in [0.29, 0.717) is 6.04 Å². The van der Waals surface area contributed by atoms with Crippen LogP contribution in [0.3, 0.4) is 0 Å². The minimum Gasteiger partial charge on any atom is -0.337 e. The van der Waals surface area contributed by atoms with Crippen LogP contribution in [0.4, 0.5) is 0 Å². The molecule has 0 bridgehead atoms. The Hall–Kier alpha value is -0.960. The van der Waals surface area contributed by atoms with Crippen molar-refractivity contribution in [2.75, 3.05) is 0 Å². The van der Waals surface area contributed by atoms with Crippen LogP contribution >= 0.6 is 23.4 Å². The zero-order valence-corrected chi connectivity index (χ0v) is 14.2. The van der Waals surface area contributed by atoms with E-state index in [1.54, 1.807) is 0 Å². The molecule has 114 valence electrons. The number of halogens is 1. The minimum atomic E-state index is 0.520. The predicted molar refractivity (Wildman–Crippen MR) is 92.6 cm³/mol. The lowest BCUT2D eigenvalue weighted by Crippen LogP contribution is -2.90. The summed E-state index contributed by atoms with van der Waals surface area (Å²) in [5.41, 5.74) is 2.89. The molecule has 1 fully saturated rings. The Morgan fingerprint density at radius 1 is 1.00 bits per heavy atom. The summed E-state index contributed by atoms with van der Waals surface area (Å²) in [6.45, 7) is 0. The fourth-order valence-corrected chi connectivity index (χ4v) is 5.13. The molecule has 0 unspecified atom stereocenters. The Kier molecular flexibility index (Phi) is 4.17. The van der Waals surface area contributed by atoms with Crippen molar-refractivity contribution in [3.8, 4) is 0 Å². The normalized spacial score (nSPS) is 21.2. The van der Waals surface area contributed by atoms with Gasteiger partial charge in [0, 0.05) is 26.8 Å². The van der Waals surface area contributed by atoms with Gasteiger partial charge < -0.3 is 5.32 Å². The highest BCUT2D eigenvalue weighted by Crippen LogP contribution is 2.40. The number of fused-ring (bicyclic) bond motifs is 2. The summed E-state index contributed by atoms with van der Waals surface area (Å²) in [5.74, 6) is 0. The fourth-order valence-electron chi connectivity index (χ4n) is 3.80. The predicted octanol–water partition coefficient (Wildman–Crippen LogP) is 4.59. The number of rotatable bonds is 2. The summed E-state index contributed by atoms with van der Waals surface area (Å²) >= 11 is 8.13. The summed E-state index contributed by atoms with van der Waals surface area (Å²) in [7, 11) is 0. The molecule has 2 aromatic carbocycles. The van der Waals surface area contributed by atoms with Gasteiger partial charge in [0.15, 0.2) is 0 Å². The lowest BCUT2D eigenvalue weighted by molar-refractivity contribution is -0.727. The number of hydrogen-bond acceptors (Lipinski definition) is 1. The van der Waals surface area contributed by atoms with Crippen LogP contribution in [-0.4, -0.2) is 6.04 Å². The van der Waals surface area contributed by atoms with Gasteiger partial charge in [-0.05, 0) is 55.5 Å². The second-order valence-corrected chi connectivity index (χ2v) is 7.96. The lowest BCUT2D eigenvalue weighted by atomic mass is 9.97. The summed E-state index contributed by atoms with van der Waals surface area (Å²) in [4.78, 5) is 2.77. The van der Waals surface area contributed by atoms with Crippen molar-refractivity contribution in [1.82, 2.24) is 0 Å². The van der Waals surface area contributed by atoms with Gasteiger partial charge in [-0.25, -0.2) is 0 Å². The molecule has 0 spiro atoms. The Morgan fingerprint density at radius 3 is 2.68 bits per heavy atom. The molecule has 2 N–H and O–H groups in total. The minimum absolute atomic E-state index is 0.520. The van der Waals surface area contributed by atoms with E-state index in [1.165, 1.54) is 46.6 Å². The van der Waals surface area contributed by atoms with Gasteiger partial charge in [-0.2, -0.15) is 0 Å². The molecule has 1 nitrogen and oxygen atoms in total. The van der Waals surface area contributed by atoms with E-state index >= 15 is 0 Å². The number of nitrogens with two attached hydrogens (primary N) is 1. The Morgan fingerprint density at radius 2 is 1.82 bits per heavy atom. The van der Waals surface area contributed by atoms with Crippen LogP contribution in [0, 0.1) is 0 Å². The maximum absolute atomic E-state index is 6.24. The number of quaternary nitrogens is 1. The molecule has 1 atom stereocenters. The lowest BCUT2D eigenvalue weighted by Gasteiger charge is -2.20. The number of hydrogen-bond donors (Lipinski definition) is 1. The van der Waals surface area contributed by atoms with Gasteiger partial charge in [0.25, 0.3) is 0 Å². The van der Waals surface area contributed by atoms with Crippen LogP contribution in [0.5, 0.6) is 0 Å². The summed E-state index contributed by atoms with van der Waals surface area (Å²) in [6, 6.07) is 16.6. The molecule has 1 aliphatic carbocycles. The summed E-state index contributed by atoms with van der Waals surface area (Å²) < 4.78 is 0. The second kappa shape index (κ2) is 6.27. The van der Waals surface area contributed by atoms with E-state index < -0.39 is 0 Å². The highest BCUT2D eigenvalue weighted by atomic mass is 35.5. The smallest absolute Gasteiger partial charge is 0.117 e. The average molecular weight is 331 g/mol. The standard InChI is InChI=1S/C19H20ClNS/c20-14-9-10-18-13(11-14)12-17(21-15-5-1-2-6-15)16-7-3-4-8-19(16)22-18/h3-4,7-11,15,17,21H,1-2,5-6,12H2/p+1/t17-/m1/s1. The summed E-state index contributed by atoms with van der Waals surface area (Å²) in [6.07, 6.45) is 6.61. The largest absolute Gasteiger partial charge is 0.337 e. The molecule has 2 aromatic rings. The Bertz CT molecular complexity index is 679. The third kappa shape index (κ3) is 2.92. The monoisotopic (exact) mass is 330 g/mol. The van der Waals surface area contributed by atoms with E-state index in [0.717, 1.165) is 17.5 Å². The highest BCUT2D eigenvalue weighted by molar-refractivity contribution is 7.99. The third-order valence-electron chi connectivity index (χ3n) is 4.91. The Balaban J connectivity index is 1.72. The van der Waals surface area contributed by atoms with Crippen molar-refractivity contribution in [1.29, 1.82) is 0 Å². The molecule has 1 saturated carbocycles. The second-order valence-electron chi connectivity index (χ2n) is 6.44. The van der Waals surface area contributed by atoms with Crippen molar-refractivity contribution in [3.05, 3.63) is 58.6 Å². The molecule has 3 heteroatoms. The molecule has 2 aliphatic rings. The van der Waals surface area contributed by atoms with Gasteiger partial charge in [0.05, 0.1) is 6.04 Å². The van der Waals surface area contributed by atoms with Crippen LogP contribution in [0.25, 0.3) is 0 Å². The maximum atomic E-state index is 6.24. The van der Waals surface area contributed by atoms with Crippen molar-refractivity contribution in [2.24, 2.45) is 0 Å². The first-order valence-electron chi connectivity index (χ1n) is 8.20. The first-order valence-corrected chi connectivity index (χ1v) is 9.39. The van der Waals surface area contributed by atoms with Crippen LogP contribution in [0.2, 0.25) is 5.02 Å². The van der Waals surface area contributed by atoms with Gasteiger partial charge in [-0.3, -0.25) is 0 Å². The van der Waals surface area contributed by atoms with Gasteiger partial charge in [0.2, 0.25) is 0 Å². The topological polar surface area (TPSA) is 16.6 Å². The zero-order chi connectivity index (χ0) is 14.9. The van der Waals surface area contributed by atoms with Crippen molar-refractivity contribution in [3.63, 3.8) is 0 Å². The van der Waals surface area contributed by atoms with Crippen LogP contribution in [0.1, 0.15) is 42.9 Å². The highest BCUT2D eigenvalue weighted by Gasteiger charge is 2.29. The maximum Gasteiger partial charge on any atom is 0.117 e. The third-order valence-corrected chi connectivity index (χ3v) is 6.35. The zero-order valence-electron chi connectivity index (χ0n) is 12.6. The molecule has 22 heavy (non-hydrogen) atoms.